The molecule has 0 bridgehead atoms. The smallest absolute Gasteiger partial charge is 0.338 e. The van der Waals surface area contributed by atoms with Gasteiger partial charge >= 0.3 is 11.9 Å². The molecule has 0 saturated heterocycles. The van der Waals surface area contributed by atoms with Gasteiger partial charge in [-0.15, -0.1) is 0 Å². The molecular weight excluding hydrogens is 448 g/mol. The van der Waals surface area contributed by atoms with Crippen molar-refractivity contribution in [3.63, 3.8) is 0 Å². The molecule has 1 fully saturated rings. The van der Waals surface area contributed by atoms with Gasteiger partial charge in [-0.3, -0.25) is 0 Å². The molecule has 1 aliphatic carbocycles. The fourth-order valence-corrected chi connectivity index (χ4v) is 3.26. The molecule has 5 atom stereocenters. The van der Waals surface area contributed by atoms with Crippen LogP contribution in [0.1, 0.15) is 27.1 Å². The number of phenols is 6. The first-order chi connectivity index (χ1) is 15.4. The molecule has 0 amide bonds. The maximum atomic E-state index is 12.3. The first-order valence-corrected chi connectivity index (χ1v) is 9.36. The molecule has 13 heteroatoms. The standard InChI is InChI=1S/C20H20O13/c21-8-1-6(2-9(22)14(8)26)19(30)32-13-5-12(25)18(17(29)16(13)28)33-20(31)7-3-10(23)15(27)11(24)4-7/h1-4,12-13,16-18,21-29H,5H2/t12-,13-,16+,17+,18+/m1/s1. The molecular formula is C20H20O13. The van der Waals surface area contributed by atoms with Crippen LogP contribution in [-0.4, -0.2) is 88.4 Å². The fourth-order valence-electron chi connectivity index (χ4n) is 3.26. The topological polar surface area (TPSA) is 235 Å². The van der Waals surface area contributed by atoms with E-state index in [9.17, 15) is 55.5 Å². The van der Waals surface area contributed by atoms with E-state index in [0.717, 1.165) is 24.3 Å². The summed E-state index contributed by atoms with van der Waals surface area (Å²) in [4.78, 5) is 24.5. The largest absolute Gasteiger partial charge is 0.504 e. The number of rotatable bonds is 4. The van der Waals surface area contributed by atoms with E-state index in [-0.39, 0.29) is 0 Å². The van der Waals surface area contributed by atoms with Gasteiger partial charge in [0.15, 0.2) is 40.6 Å². The Morgan fingerprint density at radius 3 is 1.48 bits per heavy atom. The molecule has 2 aromatic carbocycles. The molecule has 0 aliphatic heterocycles. The van der Waals surface area contributed by atoms with E-state index in [1.54, 1.807) is 0 Å². The third-order valence-corrected chi connectivity index (χ3v) is 5.03. The number of aromatic hydroxyl groups is 6. The average Bonchev–Trinajstić information content (AvgIpc) is 2.75. The van der Waals surface area contributed by atoms with Crippen LogP contribution in [-0.2, 0) is 9.47 Å². The molecule has 9 N–H and O–H groups in total. The predicted octanol–water partition coefficient (Wildman–Crippen LogP) is -0.842. The van der Waals surface area contributed by atoms with E-state index >= 15 is 0 Å². The lowest BCUT2D eigenvalue weighted by Crippen LogP contribution is -2.58. The minimum Gasteiger partial charge on any atom is -0.504 e. The normalized spacial score (nSPS) is 24.8. The first-order valence-electron chi connectivity index (χ1n) is 9.36. The predicted molar refractivity (Wildman–Crippen MR) is 104 cm³/mol. The van der Waals surface area contributed by atoms with Crippen molar-refractivity contribution < 1.29 is 65.0 Å². The Morgan fingerprint density at radius 2 is 1.06 bits per heavy atom. The lowest BCUT2D eigenvalue weighted by molar-refractivity contribution is -0.178. The Balaban J connectivity index is 1.71. The third kappa shape index (κ3) is 4.64. The zero-order valence-corrected chi connectivity index (χ0v) is 16.6. The van der Waals surface area contributed by atoms with Gasteiger partial charge in [0.2, 0.25) is 0 Å². The fraction of sp³-hybridized carbons (Fsp3) is 0.300. The van der Waals surface area contributed by atoms with Crippen molar-refractivity contribution in [2.75, 3.05) is 0 Å². The molecule has 0 radical (unpaired) electrons. The van der Waals surface area contributed by atoms with Gasteiger partial charge in [-0.1, -0.05) is 0 Å². The average molecular weight is 468 g/mol. The molecule has 1 saturated carbocycles. The summed E-state index contributed by atoms with van der Waals surface area (Å²) in [6.45, 7) is 0. The van der Waals surface area contributed by atoms with Crippen molar-refractivity contribution >= 4 is 11.9 Å². The highest BCUT2D eigenvalue weighted by atomic mass is 16.6. The van der Waals surface area contributed by atoms with Crippen LogP contribution in [0.3, 0.4) is 0 Å². The highest BCUT2D eigenvalue weighted by Gasteiger charge is 2.47. The molecule has 33 heavy (non-hydrogen) atoms. The number of aliphatic hydroxyl groups is 3. The summed E-state index contributed by atoms with van der Waals surface area (Å²) in [5, 5.41) is 87.5. The highest BCUT2D eigenvalue weighted by Crippen LogP contribution is 2.37. The van der Waals surface area contributed by atoms with Gasteiger partial charge in [-0.25, -0.2) is 9.59 Å². The summed E-state index contributed by atoms with van der Waals surface area (Å²) in [6.07, 6.45) is -9.08. The number of hydrogen-bond donors (Lipinski definition) is 9. The molecule has 1 aliphatic rings. The lowest BCUT2D eigenvalue weighted by atomic mass is 9.87. The van der Waals surface area contributed by atoms with Crippen LogP contribution < -0.4 is 0 Å². The third-order valence-electron chi connectivity index (χ3n) is 5.03. The number of aliphatic hydroxyl groups excluding tert-OH is 3. The van der Waals surface area contributed by atoms with Crippen molar-refractivity contribution in [3.8, 4) is 34.5 Å². The maximum Gasteiger partial charge on any atom is 0.338 e. The van der Waals surface area contributed by atoms with Gasteiger partial charge in [0, 0.05) is 6.42 Å². The van der Waals surface area contributed by atoms with E-state index < -0.39 is 94.5 Å². The molecule has 13 nitrogen and oxygen atoms in total. The second-order valence-electron chi connectivity index (χ2n) is 7.32. The zero-order chi connectivity index (χ0) is 24.6. The Kier molecular flexibility index (Phi) is 6.39. The molecule has 0 unspecified atom stereocenters. The summed E-state index contributed by atoms with van der Waals surface area (Å²) >= 11 is 0. The van der Waals surface area contributed by atoms with Crippen molar-refractivity contribution in [2.24, 2.45) is 0 Å². The minimum absolute atomic E-state index is 0.403. The van der Waals surface area contributed by atoms with Crippen molar-refractivity contribution in [2.45, 2.75) is 36.9 Å². The summed E-state index contributed by atoms with van der Waals surface area (Å²) in [5.41, 5.74) is -0.836. The van der Waals surface area contributed by atoms with Gasteiger partial charge < -0.3 is 55.4 Å². The zero-order valence-electron chi connectivity index (χ0n) is 16.6. The maximum absolute atomic E-state index is 12.3. The van der Waals surface area contributed by atoms with E-state index in [1.165, 1.54) is 0 Å². The molecule has 0 heterocycles. The molecule has 0 spiro atoms. The molecule has 3 rings (SSSR count). The van der Waals surface area contributed by atoms with Crippen LogP contribution in [0.4, 0.5) is 0 Å². The van der Waals surface area contributed by atoms with Gasteiger partial charge in [-0.05, 0) is 24.3 Å². The Labute approximate surface area is 184 Å². The van der Waals surface area contributed by atoms with Crippen LogP contribution in [0.15, 0.2) is 24.3 Å². The number of phenolic OH excluding ortho intramolecular Hbond substituents is 6. The summed E-state index contributed by atoms with van der Waals surface area (Å²) in [7, 11) is 0. The van der Waals surface area contributed by atoms with Crippen LogP contribution in [0, 0.1) is 0 Å². The summed E-state index contributed by atoms with van der Waals surface area (Å²) in [6, 6.07) is 3.10. The molecule has 178 valence electrons. The van der Waals surface area contributed by atoms with Crippen molar-refractivity contribution in [1.29, 1.82) is 0 Å². The Morgan fingerprint density at radius 1 is 0.667 bits per heavy atom. The first kappa shape index (κ1) is 23.7. The lowest BCUT2D eigenvalue weighted by Gasteiger charge is -2.39. The monoisotopic (exact) mass is 468 g/mol. The van der Waals surface area contributed by atoms with Gasteiger partial charge in [0.25, 0.3) is 0 Å². The number of esters is 2. The number of ether oxygens (including phenoxy) is 2. The van der Waals surface area contributed by atoms with Gasteiger partial charge in [-0.2, -0.15) is 0 Å². The highest BCUT2D eigenvalue weighted by molar-refractivity contribution is 5.92. The number of carbonyl (C=O) groups excluding carboxylic acids is 2. The number of hydrogen-bond acceptors (Lipinski definition) is 13. The second kappa shape index (κ2) is 8.90. The Hall–Kier alpha value is -3.94. The Bertz CT molecular complexity index is 1040. The second-order valence-corrected chi connectivity index (χ2v) is 7.32. The summed E-state index contributed by atoms with van der Waals surface area (Å²) in [5.74, 6) is -7.42. The SMILES string of the molecule is O=C(O[C@@H]1[C@@H](O)[C@@H](O)[C@H](OC(=O)c2cc(O)c(O)c(O)c2)C[C@H]1O)c1cc(O)c(O)c(O)c1. The van der Waals surface area contributed by atoms with E-state index in [2.05, 4.69) is 0 Å². The number of benzene rings is 2. The van der Waals surface area contributed by atoms with Gasteiger partial charge in [0.1, 0.15) is 18.3 Å². The molecule has 2 aromatic rings. The van der Waals surface area contributed by atoms with Crippen LogP contribution in [0.25, 0.3) is 0 Å². The van der Waals surface area contributed by atoms with Crippen LogP contribution in [0.5, 0.6) is 34.5 Å². The van der Waals surface area contributed by atoms with E-state index in [4.69, 9.17) is 9.47 Å². The van der Waals surface area contributed by atoms with Gasteiger partial charge in [0.05, 0.1) is 17.2 Å². The van der Waals surface area contributed by atoms with Crippen LogP contribution in [0.2, 0.25) is 0 Å². The minimum atomic E-state index is -1.93. The van der Waals surface area contributed by atoms with E-state index in [0.29, 0.717) is 0 Å². The van der Waals surface area contributed by atoms with Crippen LogP contribution >= 0.6 is 0 Å². The van der Waals surface area contributed by atoms with Crippen molar-refractivity contribution in [1.82, 2.24) is 0 Å². The number of carbonyl (C=O) groups is 2. The van der Waals surface area contributed by atoms with Crippen molar-refractivity contribution in [3.05, 3.63) is 35.4 Å². The summed E-state index contributed by atoms with van der Waals surface area (Å²) < 4.78 is 9.98. The molecule has 0 aromatic heterocycles. The quantitative estimate of drug-likeness (QED) is 0.197. The van der Waals surface area contributed by atoms with E-state index in [1.807, 2.05) is 0 Å².